The van der Waals surface area contributed by atoms with Crippen molar-refractivity contribution < 1.29 is 28.5 Å². The van der Waals surface area contributed by atoms with E-state index >= 15 is 0 Å². The monoisotopic (exact) mass is 472 g/mol. The molecular formula is C27H24N2O6. The number of hydrogen-bond acceptors (Lipinski definition) is 8. The second-order valence-corrected chi connectivity index (χ2v) is 7.56. The Morgan fingerprint density at radius 1 is 0.971 bits per heavy atom. The summed E-state index contributed by atoms with van der Waals surface area (Å²) >= 11 is 0. The number of carbonyl (C=O) groups excluding carboxylic acids is 1. The number of nitrogens with zero attached hydrogens (tertiary/aromatic N) is 1. The molecule has 8 heteroatoms. The average molecular weight is 472 g/mol. The van der Waals surface area contributed by atoms with Crippen LogP contribution >= 0.6 is 0 Å². The van der Waals surface area contributed by atoms with Crippen molar-refractivity contribution >= 4 is 5.97 Å². The first kappa shape index (κ1) is 23.5. The third-order valence-corrected chi connectivity index (χ3v) is 5.36. The Morgan fingerprint density at radius 2 is 1.60 bits per heavy atom. The van der Waals surface area contributed by atoms with Crippen LogP contribution in [0, 0.1) is 11.3 Å². The molecule has 35 heavy (non-hydrogen) atoms. The number of carbonyl (C=O) groups is 1. The molecule has 3 aromatic carbocycles. The fraction of sp³-hybridized carbons (Fsp3) is 0.185. The van der Waals surface area contributed by atoms with E-state index in [1.807, 2.05) is 31.2 Å². The lowest BCUT2D eigenvalue weighted by atomic mass is 9.83. The molecule has 1 unspecified atom stereocenters. The average Bonchev–Trinajstić information content (AvgIpc) is 2.87. The minimum atomic E-state index is -0.583. The molecule has 3 aromatic rings. The smallest absolute Gasteiger partial charge is 0.349 e. The van der Waals surface area contributed by atoms with Gasteiger partial charge in [0.1, 0.15) is 40.4 Å². The lowest BCUT2D eigenvalue weighted by Crippen LogP contribution is -2.21. The van der Waals surface area contributed by atoms with Crippen LogP contribution in [0.1, 0.15) is 24.0 Å². The van der Waals surface area contributed by atoms with Gasteiger partial charge in [-0.2, -0.15) is 5.26 Å². The first-order valence-corrected chi connectivity index (χ1v) is 10.9. The maximum absolute atomic E-state index is 12.3. The predicted octanol–water partition coefficient (Wildman–Crippen LogP) is 4.30. The molecule has 1 heterocycles. The Morgan fingerprint density at radius 3 is 2.26 bits per heavy atom. The first-order valence-electron chi connectivity index (χ1n) is 10.9. The van der Waals surface area contributed by atoms with Crippen LogP contribution in [-0.4, -0.2) is 26.3 Å². The van der Waals surface area contributed by atoms with Gasteiger partial charge in [-0.15, -0.1) is 0 Å². The van der Waals surface area contributed by atoms with Gasteiger partial charge in [-0.25, -0.2) is 4.79 Å². The van der Waals surface area contributed by atoms with Crippen molar-refractivity contribution in [3.8, 4) is 34.8 Å². The standard InChI is InChI=1S/C27H24N2O6/c1-3-32-19-6-4-17(5-7-19)26-22-13-12-21(14-24(22)35-27(29)23(26)15-28)34-25(30)16-33-20-10-8-18(31-2)9-11-20/h4-14,26H,3,16,29H2,1-2H3. The highest BCUT2D eigenvalue weighted by atomic mass is 16.6. The molecule has 0 fully saturated rings. The molecule has 1 aliphatic rings. The van der Waals surface area contributed by atoms with Crippen LogP contribution in [0.5, 0.6) is 28.7 Å². The van der Waals surface area contributed by atoms with Gasteiger partial charge in [0.05, 0.1) is 19.6 Å². The molecule has 1 atom stereocenters. The summed E-state index contributed by atoms with van der Waals surface area (Å²) in [6, 6.07) is 21.5. The molecule has 0 saturated heterocycles. The molecule has 1 aliphatic heterocycles. The fourth-order valence-electron chi connectivity index (χ4n) is 3.74. The van der Waals surface area contributed by atoms with Gasteiger partial charge in [0.15, 0.2) is 6.61 Å². The minimum Gasteiger partial charge on any atom is -0.497 e. The Balaban J connectivity index is 1.50. The lowest BCUT2D eigenvalue weighted by Gasteiger charge is -2.26. The van der Waals surface area contributed by atoms with E-state index in [1.54, 1.807) is 49.6 Å². The number of rotatable bonds is 8. The quantitative estimate of drug-likeness (QED) is 0.381. The number of benzene rings is 3. The van der Waals surface area contributed by atoms with E-state index in [1.165, 1.54) is 0 Å². The highest BCUT2D eigenvalue weighted by Gasteiger charge is 2.31. The zero-order chi connectivity index (χ0) is 24.8. The summed E-state index contributed by atoms with van der Waals surface area (Å²) in [5.41, 5.74) is 7.96. The van der Waals surface area contributed by atoms with Crippen molar-refractivity contribution in [3.63, 3.8) is 0 Å². The van der Waals surface area contributed by atoms with E-state index in [-0.39, 0.29) is 18.2 Å². The molecule has 2 N–H and O–H groups in total. The van der Waals surface area contributed by atoms with E-state index in [2.05, 4.69) is 6.07 Å². The first-order chi connectivity index (χ1) is 17.0. The molecule has 0 radical (unpaired) electrons. The van der Waals surface area contributed by atoms with Crippen LogP contribution in [-0.2, 0) is 4.79 Å². The van der Waals surface area contributed by atoms with Crippen LogP contribution < -0.4 is 29.4 Å². The maximum atomic E-state index is 12.3. The second kappa shape index (κ2) is 10.5. The van der Waals surface area contributed by atoms with Crippen molar-refractivity contribution in [3.05, 3.63) is 89.3 Å². The van der Waals surface area contributed by atoms with Crippen molar-refractivity contribution in [1.82, 2.24) is 0 Å². The normalized spacial score (nSPS) is 14.3. The van der Waals surface area contributed by atoms with E-state index < -0.39 is 11.9 Å². The van der Waals surface area contributed by atoms with Crippen molar-refractivity contribution in [2.45, 2.75) is 12.8 Å². The lowest BCUT2D eigenvalue weighted by molar-refractivity contribution is -0.136. The Hall–Kier alpha value is -4.64. The fourth-order valence-corrected chi connectivity index (χ4v) is 3.74. The molecular weight excluding hydrogens is 448 g/mol. The van der Waals surface area contributed by atoms with Gasteiger partial charge >= 0.3 is 5.97 Å². The van der Waals surface area contributed by atoms with Gasteiger partial charge in [-0.1, -0.05) is 18.2 Å². The molecule has 0 aromatic heterocycles. The largest absolute Gasteiger partial charge is 0.497 e. The summed E-state index contributed by atoms with van der Waals surface area (Å²) in [5, 5.41) is 9.73. The zero-order valence-electron chi connectivity index (χ0n) is 19.3. The van der Waals surface area contributed by atoms with Crippen molar-refractivity contribution in [1.29, 1.82) is 5.26 Å². The van der Waals surface area contributed by atoms with Crippen LogP contribution in [0.15, 0.2) is 78.2 Å². The highest BCUT2D eigenvalue weighted by Crippen LogP contribution is 2.43. The highest BCUT2D eigenvalue weighted by molar-refractivity contribution is 5.74. The van der Waals surface area contributed by atoms with Crippen LogP contribution in [0.2, 0.25) is 0 Å². The van der Waals surface area contributed by atoms with E-state index in [0.717, 1.165) is 16.9 Å². The maximum Gasteiger partial charge on any atom is 0.349 e. The number of methoxy groups -OCH3 is 1. The molecule has 0 aliphatic carbocycles. The number of nitrogens with two attached hydrogens (primary N) is 1. The number of ether oxygens (including phenoxy) is 5. The van der Waals surface area contributed by atoms with Crippen molar-refractivity contribution in [2.24, 2.45) is 5.73 Å². The Labute approximate surface area is 203 Å². The van der Waals surface area contributed by atoms with Gasteiger partial charge < -0.3 is 29.4 Å². The molecule has 4 rings (SSSR count). The van der Waals surface area contributed by atoms with E-state index in [0.29, 0.717) is 29.4 Å². The van der Waals surface area contributed by atoms with E-state index in [4.69, 9.17) is 29.4 Å². The summed E-state index contributed by atoms with van der Waals surface area (Å²) < 4.78 is 27.2. The minimum absolute atomic E-state index is 0.00482. The van der Waals surface area contributed by atoms with Crippen LogP contribution in [0.25, 0.3) is 0 Å². The number of nitriles is 1. The molecule has 0 spiro atoms. The molecule has 0 saturated carbocycles. The summed E-state index contributed by atoms with van der Waals surface area (Å²) in [7, 11) is 1.57. The zero-order valence-corrected chi connectivity index (χ0v) is 19.3. The molecule has 0 bridgehead atoms. The summed E-state index contributed by atoms with van der Waals surface area (Å²) in [6.45, 7) is 2.19. The van der Waals surface area contributed by atoms with Gasteiger partial charge in [-0.3, -0.25) is 0 Å². The molecule has 8 nitrogen and oxygen atoms in total. The van der Waals surface area contributed by atoms with Gasteiger partial charge in [0.25, 0.3) is 0 Å². The molecule has 178 valence electrons. The summed E-state index contributed by atoms with van der Waals surface area (Å²) in [4.78, 5) is 12.3. The SMILES string of the molecule is CCOc1ccc(C2C(C#N)=C(N)Oc3cc(OC(=O)COc4ccc(OC)cc4)ccc32)cc1. The second-order valence-electron chi connectivity index (χ2n) is 7.56. The van der Waals surface area contributed by atoms with Crippen LogP contribution in [0.4, 0.5) is 0 Å². The van der Waals surface area contributed by atoms with Crippen molar-refractivity contribution in [2.75, 3.05) is 20.3 Å². The van der Waals surface area contributed by atoms with E-state index in [9.17, 15) is 10.1 Å². The Bertz CT molecular complexity index is 1280. The van der Waals surface area contributed by atoms with Gasteiger partial charge in [0, 0.05) is 11.6 Å². The number of hydrogen-bond donors (Lipinski definition) is 1. The van der Waals surface area contributed by atoms with Crippen LogP contribution in [0.3, 0.4) is 0 Å². The third-order valence-electron chi connectivity index (χ3n) is 5.36. The third kappa shape index (κ3) is 5.31. The Kier molecular flexibility index (Phi) is 7.07. The molecule has 0 amide bonds. The number of allylic oxidation sites excluding steroid dienone is 1. The number of fused-ring (bicyclic) bond motifs is 1. The summed E-state index contributed by atoms with van der Waals surface area (Å²) in [5.74, 6) is 1.60. The predicted molar refractivity (Wildman–Crippen MR) is 127 cm³/mol. The summed E-state index contributed by atoms with van der Waals surface area (Å²) in [6.07, 6.45) is 0. The van der Waals surface area contributed by atoms with Gasteiger partial charge in [-0.05, 0) is 55.0 Å². The van der Waals surface area contributed by atoms with Gasteiger partial charge in [0.2, 0.25) is 5.88 Å². The number of esters is 1. The topological polar surface area (TPSA) is 113 Å².